The van der Waals surface area contributed by atoms with Gasteiger partial charge in [0.15, 0.2) is 0 Å². The molecule has 1 saturated heterocycles. The first-order valence-corrected chi connectivity index (χ1v) is 7.20. The summed E-state index contributed by atoms with van der Waals surface area (Å²) in [7, 11) is 0. The van der Waals surface area contributed by atoms with Crippen LogP contribution in [0, 0.1) is 5.92 Å². The van der Waals surface area contributed by atoms with E-state index in [-0.39, 0.29) is 0 Å². The highest BCUT2D eigenvalue weighted by molar-refractivity contribution is 4.88. The number of nitrogens with two attached hydrogens (primary N) is 1. The average molecular weight is 224 g/mol. The summed E-state index contributed by atoms with van der Waals surface area (Å²) in [5, 5.41) is 0. The van der Waals surface area contributed by atoms with Crippen LogP contribution in [0.4, 0.5) is 0 Å². The van der Waals surface area contributed by atoms with Crippen LogP contribution < -0.4 is 5.73 Å². The Morgan fingerprint density at radius 1 is 1.19 bits per heavy atom. The Kier molecular flexibility index (Phi) is 4.26. The van der Waals surface area contributed by atoms with Crippen molar-refractivity contribution in [1.82, 2.24) is 4.90 Å². The van der Waals surface area contributed by atoms with Gasteiger partial charge in [0.2, 0.25) is 0 Å². The lowest BCUT2D eigenvalue weighted by Gasteiger charge is -2.45. The van der Waals surface area contributed by atoms with E-state index >= 15 is 0 Å². The van der Waals surface area contributed by atoms with E-state index in [9.17, 15) is 0 Å². The summed E-state index contributed by atoms with van der Waals surface area (Å²) >= 11 is 0. The topological polar surface area (TPSA) is 29.3 Å². The molecular weight excluding hydrogens is 196 g/mol. The second-order valence-corrected chi connectivity index (χ2v) is 6.00. The fourth-order valence-electron chi connectivity index (χ4n) is 3.67. The van der Waals surface area contributed by atoms with Gasteiger partial charge in [-0.3, -0.25) is 4.90 Å². The van der Waals surface area contributed by atoms with Crippen molar-refractivity contribution in [2.75, 3.05) is 6.54 Å². The van der Waals surface area contributed by atoms with E-state index in [4.69, 9.17) is 5.73 Å². The van der Waals surface area contributed by atoms with Crippen LogP contribution in [0.25, 0.3) is 0 Å². The van der Waals surface area contributed by atoms with Gasteiger partial charge in [-0.05, 0) is 39.0 Å². The highest BCUT2D eigenvalue weighted by Crippen LogP contribution is 2.34. The highest BCUT2D eigenvalue weighted by atomic mass is 15.2. The molecule has 0 aromatic carbocycles. The SMILES string of the molecule is CC1CCCC(CN)N1C(C)CC1CCC1. The third-order valence-electron chi connectivity index (χ3n) is 4.77. The van der Waals surface area contributed by atoms with Crippen LogP contribution in [0.3, 0.4) is 0 Å². The van der Waals surface area contributed by atoms with E-state index in [2.05, 4.69) is 18.7 Å². The van der Waals surface area contributed by atoms with Crippen molar-refractivity contribution in [3.63, 3.8) is 0 Å². The van der Waals surface area contributed by atoms with Gasteiger partial charge in [0.25, 0.3) is 0 Å². The van der Waals surface area contributed by atoms with Crippen molar-refractivity contribution < 1.29 is 0 Å². The molecule has 94 valence electrons. The lowest BCUT2D eigenvalue weighted by molar-refractivity contribution is 0.0397. The Labute approximate surface area is 101 Å². The molecule has 3 atom stereocenters. The fraction of sp³-hybridized carbons (Fsp3) is 1.00. The van der Waals surface area contributed by atoms with Gasteiger partial charge in [0, 0.05) is 24.7 Å². The number of hydrogen-bond acceptors (Lipinski definition) is 2. The van der Waals surface area contributed by atoms with Gasteiger partial charge < -0.3 is 5.73 Å². The molecule has 0 spiro atoms. The van der Waals surface area contributed by atoms with Crippen molar-refractivity contribution in [2.45, 2.75) is 76.9 Å². The van der Waals surface area contributed by atoms with Gasteiger partial charge in [0.1, 0.15) is 0 Å². The van der Waals surface area contributed by atoms with Crippen LogP contribution in [0.2, 0.25) is 0 Å². The molecule has 2 N–H and O–H groups in total. The molecule has 0 amide bonds. The maximum atomic E-state index is 5.93. The third kappa shape index (κ3) is 2.60. The summed E-state index contributed by atoms with van der Waals surface area (Å²) in [5.74, 6) is 1.02. The Bertz CT molecular complexity index is 213. The molecule has 1 aliphatic heterocycles. The predicted octanol–water partition coefficient (Wildman–Crippen LogP) is 2.77. The van der Waals surface area contributed by atoms with Crippen LogP contribution in [0.15, 0.2) is 0 Å². The summed E-state index contributed by atoms with van der Waals surface area (Å²) in [6.07, 6.45) is 9.87. The van der Waals surface area contributed by atoms with Crippen molar-refractivity contribution in [1.29, 1.82) is 0 Å². The molecule has 0 aromatic rings. The van der Waals surface area contributed by atoms with Crippen molar-refractivity contribution in [3.8, 4) is 0 Å². The Balaban J connectivity index is 1.91. The Morgan fingerprint density at radius 3 is 2.44 bits per heavy atom. The normalized spacial score (nSPS) is 34.7. The molecule has 1 heterocycles. The largest absolute Gasteiger partial charge is 0.329 e. The van der Waals surface area contributed by atoms with E-state index in [0.717, 1.165) is 24.5 Å². The van der Waals surface area contributed by atoms with Crippen molar-refractivity contribution in [2.24, 2.45) is 11.7 Å². The number of hydrogen-bond donors (Lipinski definition) is 1. The number of likely N-dealkylation sites (tertiary alicyclic amines) is 1. The molecule has 16 heavy (non-hydrogen) atoms. The zero-order chi connectivity index (χ0) is 11.5. The molecule has 0 aromatic heterocycles. The maximum absolute atomic E-state index is 5.93. The summed E-state index contributed by atoms with van der Waals surface area (Å²) in [6, 6.07) is 2.14. The fourth-order valence-corrected chi connectivity index (χ4v) is 3.67. The summed E-state index contributed by atoms with van der Waals surface area (Å²) in [4.78, 5) is 2.72. The monoisotopic (exact) mass is 224 g/mol. The predicted molar refractivity (Wildman–Crippen MR) is 69.4 cm³/mol. The van der Waals surface area contributed by atoms with Crippen LogP contribution in [-0.4, -0.2) is 29.6 Å². The zero-order valence-electron chi connectivity index (χ0n) is 11.0. The average Bonchev–Trinajstić information content (AvgIpc) is 2.22. The Morgan fingerprint density at radius 2 is 1.88 bits per heavy atom. The van der Waals surface area contributed by atoms with E-state index in [1.54, 1.807) is 0 Å². The molecule has 1 saturated carbocycles. The van der Waals surface area contributed by atoms with Gasteiger partial charge >= 0.3 is 0 Å². The minimum absolute atomic E-state index is 0.652. The van der Waals surface area contributed by atoms with Gasteiger partial charge in [-0.1, -0.05) is 25.7 Å². The minimum Gasteiger partial charge on any atom is -0.329 e. The molecule has 2 nitrogen and oxygen atoms in total. The number of piperidine rings is 1. The van der Waals surface area contributed by atoms with E-state index in [0.29, 0.717) is 6.04 Å². The van der Waals surface area contributed by atoms with Crippen LogP contribution in [-0.2, 0) is 0 Å². The lowest BCUT2D eigenvalue weighted by Crippen LogP contribution is -2.53. The first-order valence-electron chi connectivity index (χ1n) is 7.20. The maximum Gasteiger partial charge on any atom is 0.0224 e. The summed E-state index contributed by atoms with van der Waals surface area (Å²) < 4.78 is 0. The molecule has 2 aliphatic rings. The third-order valence-corrected chi connectivity index (χ3v) is 4.77. The molecular formula is C14H28N2. The standard InChI is InChI=1S/C14H28N2/c1-11-5-3-8-14(10-15)16(11)12(2)9-13-6-4-7-13/h11-14H,3-10,15H2,1-2H3. The van der Waals surface area contributed by atoms with E-state index in [1.807, 2.05) is 0 Å². The molecule has 2 rings (SSSR count). The van der Waals surface area contributed by atoms with Gasteiger partial charge in [-0.25, -0.2) is 0 Å². The smallest absolute Gasteiger partial charge is 0.0224 e. The van der Waals surface area contributed by atoms with Crippen molar-refractivity contribution >= 4 is 0 Å². The molecule has 0 bridgehead atoms. The quantitative estimate of drug-likeness (QED) is 0.795. The molecule has 0 radical (unpaired) electrons. The van der Waals surface area contributed by atoms with E-state index in [1.165, 1.54) is 44.9 Å². The first-order chi connectivity index (χ1) is 7.72. The Hall–Kier alpha value is -0.0800. The summed E-state index contributed by atoms with van der Waals surface area (Å²) in [6.45, 7) is 5.65. The number of nitrogens with zero attached hydrogens (tertiary/aromatic N) is 1. The molecule has 2 fully saturated rings. The molecule has 1 aliphatic carbocycles. The molecule has 2 heteroatoms. The second-order valence-electron chi connectivity index (χ2n) is 6.00. The van der Waals surface area contributed by atoms with Gasteiger partial charge in [-0.15, -0.1) is 0 Å². The van der Waals surface area contributed by atoms with E-state index < -0.39 is 0 Å². The van der Waals surface area contributed by atoms with Crippen LogP contribution in [0.1, 0.15) is 58.8 Å². The lowest BCUT2D eigenvalue weighted by atomic mass is 9.80. The van der Waals surface area contributed by atoms with Gasteiger partial charge in [-0.2, -0.15) is 0 Å². The highest BCUT2D eigenvalue weighted by Gasteiger charge is 2.32. The minimum atomic E-state index is 0.652. The first kappa shape index (κ1) is 12.4. The zero-order valence-corrected chi connectivity index (χ0v) is 11.0. The van der Waals surface area contributed by atoms with Crippen LogP contribution >= 0.6 is 0 Å². The summed E-state index contributed by atoms with van der Waals surface area (Å²) in [5.41, 5.74) is 5.93. The van der Waals surface area contributed by atoms with Crippen molar-refractivity contribution in [3.05, 3.63) is 0 Å². The van der Waals surface area contributed by atoms with Gasteiger partial charge in [0.05, 0.1) is 0 Å². The van der Waals surface area contributed by atoms with Crippen LogP contribution in [0.5, 0.6) is 0 Å². The number of rotatable bonds is 4. The second kappa shape index (κ2) is 5.50. The molecule has 3 unspecified atom stereocenters.